The molecule has 6 nitrogen and oxygen atoms in total. The average molecular weight is 800 g/mol. The number of carbonyl (C=O) groups excluding carboxylic acids is 2. The maximum atomic E-state index is 13.1. The number of hydrogen-bond donors (Lipinski definition) is 3. The van der Waals surface area contributed by atoms with E-state index in [0.717, 1.165) is 89.9 Å². The van der Waals surface area contributed by atoms with Gasteiger partial charge in [0, 0.05) is 6.42 Å². The molecule has 6 heteroatoms. The Hall–Kier alpha value is -2.18. The molecule has 0 aromatic heterocycles. The fourth-order valence-corrected chi connectivity index (χ4v) is 7.24. The number of amides is 1. The van der Waals surface area contributed by atoms with Crippen molar-refractivity contribution in [2.75, 3.05) is 6.61 Å². The molecule has 0 spiro atoms. The van der Waals surface area contributed by atoms with E-state index in [1.165, 1.54) is 103 Å². The Morgan fingerprint density at radius 3 is 1.42 bits per heavy atom. The van der Waals surface area contributed by atoms with Crippen LogP contribution in [-0.4, -0.2) is 46.9 Å². The van der Waals surface area contributed by atoms with Crippen LogP contribution in [-0.2, 0) is 14.3 Å². The molecule has 57 heavy (non-hydrogen) atoms. The Morgan fingerprint density at radius 1 is 0.526 bits per heavy atom. The van der Waals surface area contributed by atoms with Crippen LogP contribution in [0.5, 0.6) is 0 Å². The van der Waals surface area contributed by atoms with Gasteiger partial charge in [-0.05, 0) is 64.2 Å². The van der Waals surface area contributed by atoms with Gasteiger partial charge in [0.25, 0.3) is 0 Å². The van der Waals surface area contributed by atoms with E-state index in [4.69, 9.17) is 4.74 Å². The van der Waals surface area contributed by atoms with Crippen molar-refractivity contribution >= 4 is 11.9 Å². The maximum Gasteiger partial charge on any atom is 0.306 e. The van der Waals surface area contributed by atoms with Crippen LogP contribution in [0.3, 0.4) is 0 Å². The minimum absolute atomic E-state index is 0.0660. The summed E-state index contributed by atoms with van der Waals surface area (Å²) < 4.78 is 5.89. The number of rotatable bonds is 43. The second-order valence-electron chi connectivity index (χ2n) is 16.5. The summed E-state index contributed by atoms with van der Waals surface area (Å²) in [6.45, 7) is 6.34. The van der Waals surface area contributed by atoms with E-state index >= 15 is 0 Å². The first-order chi connectivity index (χ1) is 28.0. The van der Waals surface area contributed by atoms with Crippen LogP contribution in [0.25, 0.3) is 0 Å². The molecular formula is C51H93NO5. The highest BCUT2D eigenvalue weighted by atomic mass is 16.5. The van der Waals surface area contributed by atoms with Crippen molar-refractivity contribution in [1.82, 2.24) is 5.32 Å². The normalized spacial score (nSPS) is 13.7. The molecule has 0 heterocycles. The number of unbranched alkanes of at least 4 members (excludes halogenated alkanes) is 23. The van der Waals surface area contributed by atoms with E-state index in [-0.39, 0.29) is 24.9 Å². The predicted molar refractivity (Wildman–Crippen MR) is 245 cm³/mol. The van der Waals surface area contributed by atoms with Gasteiger partial charge >= 0.3 is 5.97 Å². The van der Waals surface area contributed by atoms with E-state index in [2.05, 4.69) is 74.7 Å². The topological polar surface area (TPSA) is 95.9 Å². The van der Waals surface area contributed by atoms with Gasteiger partial charge in [-0.2, -0.15) is 0 Å². The highest BCUT2D eigenvalue weighted by molar-refractivity contribution is 5.77. The Kier molecular flexibility index (Phi) is 43.2. The zero-order valence-electron chi connectivity index (χ0n) is 37.7. The molecule has 0 rings (SSSR count). The maximum absolute atomic E-state index is 13.1. The molecule has 0 radical (unpaired) electrons. The van der Waals surface area contributed by atoms with Crippen molar-refractivity contribution < 1.29 is 24.5 Å². The van der Waals surface area contributed by atoms with Gasteiger partial charge in [-0.15, -0.1) is 0 Å². The molecule has 3 atom stereocenters. The largest absolute Gasteiger partial charge is 0.462 e. The van der Waals surface area contributed by atoms with Gasteiger partial charge in [-0.1, -0.05) is 211 Å². The summed E-state index contributed by atoms with van der Waals surface area (Å²) in [5.41, 5.74) is 0. The van der Waals surface area contributed by atoms with Crippen molar-refractivity contribution in [2.45, 2.75) is 257 Å². The summed E-state index contributed by atoms with van der Waals surface area (Å²) in [4.78, 5) is 26.0. The fraction of sp³-hybridized carbons (Fsp3) is 0.804. The first-order valence-electron chi connectivity index (χ1n) is 24.4. The number of esters is 1. The summed E-state index contributed by atoms with van der Waals surface area (Å²) in [6.07, 6.45) is 53.1. The van der Waals surface area contributed by atoms with E-state index in [0.29, 0.717) is 19.3 Å². The van der Waals surface area contributed by atoms with Crippen LogP contribution in [0.4, 0.5) is 0 Å². The highest BCUT2D eigenvalue weighted by Gasteiger charge is 2.24. The summed E-state index contributed by atoms with van der Waals surface area (Å²) in [5, 5.41) is 23.7. The Labute approximate surface area is 353 Å². The monoisotopic (exact) mass is 800 g/mol. The molecule has 0 aliphatic carbocycles. The van der Waals surface area contributed by atoms with Crippen molar-refractivity contribution in [1.29, 1.82) is 0 Å². The van der Waals surface area contributed by atoms with Gasteiger partial charge in [0.2, 0.25) is 5.91 Å². The van der Waals surface area contributed by atoms with Crippen LogP contribution in [0, 0.1) is 0 Å². The number of ether oxygens (including phenoxy) is 1. The second kappa shape index (κ2) is 44.9. The fourth-order valence-electron chi connectivity index (χ4n) is 7.24. The first kappa shape index (κ1) is 54.8. The predicted octanol–water partition coefficient (Wildman–Crippen LogP) is 14.3. The molecule has 0 saturated carbocycles. The second-order valence-corrected chi connectivity index (χ2v) is 16.5. The third-order valence-corrected chi connectivity index (χ3v) is 10.9. The number of carbonyl (C=O) groups is 2. The third kappa shape index (κ3) is 40.4. The van der Waals surface area contributed by atoms with Gasteiger partial charge in [0.15, 0.2) is 0 Å². The highest BCUT2D eigenvalue weighted by Crippen LogP contribution is 2.18. The Bertz CT molecular complexity index is 988. The van der Waals surface area contributed by atoms with Crippen LogP contribution in [0.1, 0.15) is 239 Å². The molecule has 0 aliphatic heterocycles. The van der Waals surface area contributed by atoms with Gasteiger partial charge in [-0.3, -0.25) is 9.59 Å². The summed E-state index contributed by atoms with van der Waals surface area (Å²) in [7, 11) is 0. The van der Waals surface area contributed by atoms with Crippen molar-refractivity contribution in [3.05, 3.63) is 48.6 Å². The summed E-state index contributed by atoms with van der Waals surface area (Å²) in [5.74, 6) is -0.508. The molecule has 0 fully saturated rings. The Balaban J connectivity index is 4.54. The average Bonchev–Trinajstić information content (AvgIpc) is 3.20. The van der Waals surface area contributed by atoms with Gasteiger partial charge in [0.1, 0.15) is 6.10 Å². The molecule has 0 aliphatic rings. The number of aliphatic hydroxyl groups is 2. The van der Waals surface area contributed by atoms with Crippen LogP contribution in [0.2, 0.25) is 0 Å². The van der Waals surface area contributed by atoms with E-state index in [1.807, 2.05) is 0 Å². The van der Waals surface area contributed by atoms with E-state index in [9.17, 15) is 19.8 Å². The molecule has 3 unspecified atom stereocenters. The number of hydrogen-bond acceptors (Lipinski definition) is 5. The minimum Gasteiger partial charge on any atom is -0.462 e. The first-order valence-corrected chi connectivity index (χ1v) is 24.4. The molecule has 3 N–H and O–H groups in total. The molecule has 0 aromatic rings. The van der Waals surface area contributed by atoms with Crippen LogP contribution < -0.4 is 5.32 Å². The number of nitrogens with one attached hydrogen (secondary N) is 1. The lowest BCUT2D eigenvalue weighted by atomic mass is 10.0. The molecule has 0 saturated heterocycles. The molecule has 0 bridgehead atoms. The van der Waals surface area contributed by atoms with Crippen molar-refractivity contribution in [2.24, 2.45) is 0 Å². The smallest absolute Gasteiger partial charge is 0.306 e. The quantitative estimate of drug-likeness (QED) is 0.0324. The van der Waals surface area contributed by atoms with Crippen molar-refractivity contribution in [3.8, 4) is 0 Å². The molecule has 332 valence electrons. The number of allylic oxidation sites excluding steroid dienone is 8. The lowest BCUT2D eigenvalue weighted by Gasteiger charge is -2.24. The third-order valence-electron chi connectivity index (χ3n) is 10.9. The zero-order chi connectivity index (χ0) is 41.7. The Morgan fingerprint density at radius 2 is 0.947 bits per heavy atom. The van der Waals surface area contributed by atoms with E-state index < -0.39 is 18.2 Å². The molecule has 0 aromatic carbocycles. The lowest BCUT2D eigenvalue weighted by Crippen LogP contribution is -2.46. The molecular weight excluding hydrogens is 707 g/mol. The van der Waals surface area contributed by atoms with Gasteiger partial charge in [-0.25, -0.2) is 0 Å². The SMILES string of the molecule is CC/C=C/C/C=C/C/C=C/C/C=C/CCCCCC(=O)OC(CCCCCCCCCCC)CC(=O)NC(CO)C(O)CCCCCCCCCCCCCCC. The minimum atomic E-state index is -0.790. The van der Waals surface area contributed by atoms with Crippen LogP contribution in [0.15, 0.2) is 48.6 Å². The van der Waals surface area contributed by atoms with Crippen LogP contribution >= 0.6 is 0 Å². The number of aliphatic hydroxyl groups excluding tert-OH is 2. The zero-order valence-corrected chi connectivity index (χ0v) is 37.7. The molecule has 1 amide bonds. The lowest BCUT2D eigenvalue weighted by molar-refractivity contribution is -0.151. The van der Waals surface area contributed by atoms with Gasteiger partial charge in [0.05, 0.1) is 25.2 Å². The van der Waals surface area contributed by atoms with E-state index in [1.54, 1.807) is 0 Å². The summed E-state index contributed by atoms with van der Waals surface area (Å²) in [6, 6.07) is -0.705. The van der Waals surface area contributed by atoms with Gasteiger partial charge < -0.3 is 20.3 Å². The summed E-state index contributed by atoms with van der Waals surface area (Å²) >= 11 is 0. The van der Waals surface area contributed by atoms with Crippen molar-refractivity contribution in [3.63, 3.8) is 0 Å². The standard InChI is InChI=1S/C51H93NO5/c1-4-7-10-13-16-19-21-23-24-25-27-29-32-35-38-41-44-51(56)57-47(42-39-36-33-30-18-15-12-9-6-3)45-50(55)52-48(46-53)49(54)43-40-37-34-31-28-26-22-20-17-14-11-8-5-2/h7,10,16,19,23-24,27,29,47-49,53-54H,4-6,8-9,11-15,17-18,20-22,25-26,28,30-46H2,1-3H3,(H,52,55)/b10-7+,19-16+,24-23+,29-27+.